The van der Waals surface area contributed by atoms with Crippen molar-refractivity contribution in [2.75, 3.05) is 32.2 Å². The van der Waals surface area contributed by atoms with Crippen LogP contribution in [-0.4, -0.2) is 56.8 Å². The maximum absolute atomic E-state index is 12.5. The predicted octanol–water partition coefficient (Wildman–Crippen LogP) is 4.20. The molecular formula is C25H32BrN7O3S. The van der Waals surface area contributed by atoms with Crippen molar-refractivity contribution in [2.45, 2.75) is 61.5 Å². The second-order valence-electron chi connectivity index (χ2n) is 9.43. The summed E-state index contributed by atoms with van der Waals surface area (Å²) in [6.45, 7) is 3.32. The van der Waals surface area contributed by atoms with Crippen LogP contribution < -0.4 is 20.9 Å². The van der Waals surface area contributed by atoms with E-state index < -0.39 is 0 Å². The lowest BCUT2D eigenvalue weighted by atomic mass is 9.93. The number of amides is 1. The van der Waals surface area contributed by atoms with Crippen molar-refractivity contribution in [1.82, 2.24) is 24.4 Å². The van der Waals surface area contributed by atoms with Crippen molar-refractivity contribution in [3.63, 3.8) is 0 Å². The molecule has 2 aliphatic rings. The van der Waals surface area contributed by atoms with E-state index in [9.17, 15) is 4.79 Å². The molecule has 0 aliphatic carbocycles. The Labute approximate surface area is 228 Å². The predicted molar refractivity (Wildman–Crippen MR) is 146 cm³/mol. The number of hydrogen-bond acceptors (Lipinski definition) is 9. The van der Waals surface area contributed by atoms with E-state index in [4.69, 9.17) is 25.9 Å². The number of carbonyl (C=O) groups is 1. The molecule has 2 aliphatic heterocycles. The number of nitrogen functional groups attached to an aromatic ring is 1. The first kappa shape index (κ1) is 26.1. The molecule has 1 saturated heterocycles. The largest absolute Gasteiger partial charge is 0.454 e. The first-order valence-electron chi connectivity index (χ1n) is 12.7. The highest BCUT2D eigenvalue weighted by atomic mass is 79.9. The van der Waals surface area contributed by atoms with E-state index in [0.29, 0.717) is 36.0 Å². The molecule has 10 nitrogen and oxygen atoms in total. The number of carbonyl (C=O) groups excluding carboxylic acids is 1. The third-order valence-corrected chi connectivity index (χ3v) is 8.95. The molecule has 1 fully saturated rings. The Morgan fingerprint density at radius 3 is 2.70 bits per heavy atom. The molecular weight excluding hydrogens is 558 g/mol. The van der Waals surface area contributed by atoms with Crippen LogP contribution in [0.25, 0.3) is 11.2 Å². The van der Waals surface area contributed by atoms with Gasteiger partial charge >= 0.3 is 0 Å². The second kappa shape index (κ2) is 11.9. The third-order valence-electron chi connectivity index (χ3n) is 6.98. The quantitative estimate of drug-likeness (QED) is 0.333. The molecule has 0 radical (unpaired) electrons. The van der Waals surface area contributed by atoms with Gasteiger partial charge in [-0.25, -0.2) is 15.0 Å². The number of halogens is 1. The molecule has 0 unspecified atom stereocenters. The Morgan fingerprint density at radius 2 is 1.92 bits per heavy atom. The average Bonchev–Trinajstić information content (AvgIpc) is 3.50. The SMILES string of the molecule is NCCCCCC(=O)N1CCC(CCn2c(Sc3cc4c(cc3Br)OCO4)nc3c(N)ncnc32)CC1. The maximum Gasteiger partial charge on any atom is 0.231 e. The van der Waals surface area contributed by atoms with Gasteiger partial charge in [0.1, 0.15) is 6.33 Å². The Kier molecular flexibility index (Phi) is 8.36. The lowest BCUT2D eigenvalue weighted by Gasteiger charge is -2.32. The number of ether oxygens (including phenoxy) is 2. The van der Waals surface area contributed by atoms with E-state index in [1.54, 1.807) is 0 Å². The highest BCUT2D eigenvalue weighted by Gasteiger charge is 2.24. The van der Waals surface area contributed by atoms with E-state index in [2.05, 4.69) is 30.5 Å². The highest BCUT2D eigenvalue weighted by molar-refractivity contribution is 9.10. The molecule has 0 atom stereocenters. The minimum atomic E-state index is 0.221. The zero-order chi connectivity index (χ0) is 25.8. The summed E-state index contributed by atoms with van der Waals surface area (Å²) in [5.41, 5.74) is 13.0. The Hall–Kier alpha value is -2.57. The van der Waals surface area contributed by atoms with Gasteiger partial charge in [-0.2, -0.15) is 0 Å². The number of aryl methyl sites for hydroxylation is 1. The number of unbranched alkanes of at least 4 members (excludes halogenated alkanes) is 2. The molecule has 0 saturated carbocycles. The van der Waals surface area contributed by atoms with Crippen LogP contribution in [0.15, 0.2) is 33.0 Å². The molecule has 0 spiro atoms. The average molecular weight is 591 g/mol. The van der Waals surface area contributed by atoms with Gasteiger partial charge in [-0.05, 0) is 72.6 Å². The van der Waals surface area contributed by atoms with E-state index in [0.717, 1.165) is 84.1 Å². The summed E-state index contributed by atoms with van der Waals surface area (Å²) in [6.07, 6.45) is 8.04. The number of anilines is 1. The molecule has 4 heterocycles. The van der Waals surface area contributed by atoms with Gasteiger partial charge in [0.15, 0.2) is 33.6 Å². The van der Waals surface area contributed by atoms with Crippen molar-refractivity contribution < 1.29 is 14.3 Å². The molecule has 0 bridgehead atoms. The van der Waals surface area contributed by atoms with Gasteiger partial charge in [0.25, 0.3) is 0 Å². The number of piperidine rings is 1. The molecule has 1 amide bonds. The minimum absolute atomic E-state index is 0.221. The lowest BCUT2D eigenvalue weighted by molar-refractivity contribution is -0.132. The Morgan fingerprint density at radius 1 is 1.14 bits per heavy atom. The molecule has 2 aromatic heterocycles. The van der Waals surface area contributed by atoms with Gasteiger partial charge in [0.2, 0.25) is 12.7 Å². The summed E-state index contributed by atoms with van der Waals surface area (Å²) in [6, 6.07) is 3.87. The molecule has 1 aromatic carbocycles. The van der Waals surface area contributed by atoms with Crippen LogP contribution in [0.5, 0.6) is 11.5 Å². The number of imidazole rings is 1. The molecule has 37 heavy (non-hydrogen) atoms. The summed E-state index contributed by atoms with van der Waals surface area (Å²) < 4.78 is 14.1. The second-order valence-corrected chi connectivity index (χ2v) is 11.3. The number of benzene rings is 1. The molecule has 3 aromatic rings. The smallest absolute Gasteiger partial charge is 0.231 e. The van der Waals surface area contributed by atoms with Crippen LogP contribution in [0, 0.1) is 5.92 Å². The van der Waals surface area contributed by atoms with Crippen molar-refractivity contribution >= 4 is 50.6 Å². The molecule has 4 N–H and O–H groups in total. The van der Waals surface area contributed by atoms with Crippen LogP contribution in [0.4, 0.5) is 5.82 Å². The van der Waals surface area contributed by atoms with Gasteiger partial charge in [0, 0.05) is 35.4 Å². The van der Waals surface area contributed by atoms with E-state index in [-0.39, 0.29) is 12.7 Å². The summed E-state index contributed by atoms with van der Waals surface area (Å²) in [7, 11) is 0. The van der Waals surface area contributed by atoms with Crippen LogP contribution >= 0.6 is 27.7 Å². The number of rotatable bonds is 10. The first-order chi connectivity index (χ1) is 18.0. The fourth-order valence-electron chi connectivity index (χ4n) is 4.83. The number of fused-ring (bicyclic) bond motifs is 2. The first-order valence-corrected chi connectivity index (χ1v) is 14.4. The summed E-state index contributed by atoms with van der Waals surface area (Å²) >= 11 is 5.18. The molecule has 5 rings (SSSR count). The normalized spacial score (nSPS) is 15.6. The number of nitrogens with two attached hydrogens (primary N) is 2. The van der Waals surface area contributed by atoms with Gasteiger partial charge in [0.05, 0.1) is 0 Å². The number of nitrogens with zero attached hydrogens (tertiary/aromatic N) is 5. The summed E-state index contributed by atoms with van der Waals surface area (Å²) in [5.74, 6) is 2.62. The van der Waals surface area contributed by atoms with E-state index in [1.165, 1.54) is 18.1 Å². The minimum Gasteiger partial charge on any atom is -0.454 e. The summed E-state index contributed by atoms with van der Waals surface area (Å²) in [5, 5.41) is 0.798. The number of likely N-dealkylation sites (tertiary alicyclic amines) is 1. The van der Waals surface area contributed by atoms with Gasteiger partial charge in [-0.3, -0.25) is 4.79 Å². The Balaban J connectivity index is 1.25. The topological polar surface area (TPSA) is 134 Å². The van der Waals surface area contributed by atoms with Crippen LogP contribution in [0.3, 0.4) is 0 Å². The van der Waals surface area contributed by atoms with Crippen molar-refractivity contribution in [1.29, 1.82) is 0 Å². The van der Waals surface area contributed by atoms with Crippen LogP contribution in [0.1, 0.15) is 44.9 Å². The van der Waals surface area contributed by atoms with E-state index >= 15 is 0 Å². The van der Waals surface area contributed by atoms with Gasteiger partial charge in [-0.15, -0.1) is 0 Å². The van der Waals surface area contributed by atoms with Crippen molar-refractivity contribution in [3.8, 4) is 11.5 Å². The third kappa shape index (κ3) is 5.96. The number of aromatic nitrogens is 4. The summed E-state index contributed by atoms with van der Waals surface area (Å²) in [4.78, 5) is 29.0. The molecule has 12 heteroatoms. The zero-order valence-corrected chi connectivity index (χ0v) is 23.1. The zero-order valence-electron chi connectivity index (χ0n) is 20.7. The van der Waals surface area contributed by atoms with E-state index in [1.807, 2.05) is 17.0 Å². The maximum atomic E-state index is 12.5. The van der Waals surface area contributed by atoms with Crippen LogP contribution in [-0.2, 0) is 11.3 Å². The Bertz CT molecular complexity index is 1260. The van der Waals surface area contributed by atoms with Gasteiger partial charge < -0.3 is 30.4 Å². The molecule has 198 valence electrons. The monoisotopic (exact) mass is 589 g/mol. The standard InChI is InChI=1S/C25H32BrN7O3S/c26-17-12-18-19(36-15-35-18)13-20(17)37-25-31-22-23(28)29-14-30-24(22)33(25)11-7-16-5-9-32(10-6-16)21(34)4-2-1-3-8-27/h12-14,16H,1-11,15,27H2,(H2,28,29,30). The fraction of sp³-hybridized carbons (Fsp3) is 0.520. The highest BCUT2D eigenvalue weighted by Crippen LogP contribution is 2.43. The van der Waals surface area contributed by atoms with Crippen LogP contribution in [0.2, 0.25) is 0 Å². The van der Waals surface area contributed by atoms with Gasteiger partial charge in [-0.1, -0.05) is 18.2 Å². The lowest BCUT2D eigenvalue weighted by Crippen LogP contribution is -2.38. The fourth-order valence-corrected chi connectivity index (χ4v) is 6.34. The van der Waals surface area contributed by atoms with Crippen molar-refractivity contribution in [3.05, 3.63) is 22.9 Å². The number of hydrogen-bond donors (Lipinski definition) is 2. The van der Waals surface area contributed by atoms with Crippen molar-refractivity contribution in [2.24, 2.45) is 11.7 Å².